The second kappa shape index (κ2) is 7.31. The number of amides is 1. The van der Waals surface area contributed by atoms with Crippen molar-refractivity contribution in [1.82, 2.24) is 4.98 Å². The first kappa shape index (κ1) is 15.6. The van der Waals surface area contributed by atoms with Gasteiger partial charge in [0, 0.05) is 11.8 Å². The van der Waals surface area contributed by atoms with Crippen LogP contribution in [0.4, 0.5) is 5.82 Å². The van der Waals surface area contributed by atoms with Crippen LogP contribution in [-0.2, 0) is 0 Å². The number of nitrogens with zero attached hydrogens (tertiary/aromatic N) is 1. The van der Waals surface area contributed by atoms with E-state index < -0.39 is 5.91 Å². The molecule has 0 bridgehead atoms. The third kappa shape index (κ3) is 3.66. The molecule has 6 heteroatoms. The zero-order valence-electron chi connectivity index (χ0n) is 12.5. The number of carbonyl (C=O) groups excluding carboxylic acids is 1. The molecule has 0 radical (unpaired) electrons. The van der Waals surface area contributed by atoms with Crippen molar-refractivity contribution in [2.45, 2.75) is 13.8 Å². The van der Waals surface area contributed by atoms with E-state index in [0.29, 0.717) is 30.3 Å². The van der Waals surface area contributed by atoms with Crippen molar-refractivity contribution in [3.05, 3.63) is 42.1 Å². The maximum absolute atomic E-state index is 12.2. The molecule has 22 heavy (non-hydrogen) atoms. The van der Waals surface area contributed by atoms with Gasteiger partial charge in [0.1, 0.15) is 0 Å². The number of benzene rings is 1. The Morgan fingerprint density at radius 3 is 2.59 bits per heavy atom. The Kier molecular flexibility index (Phi) is 5.19. The number of aromatic hydroxyl groups is 1. The molecule has 1 aromatic heterocycles. The lowest BCUT2D eigenvalue weighted by atomic mass is 10.2. The minimum Gasteiger partial charge on any atom is -0.504 e. The SMILES string of the molecule is CCOc1ccc(C(=O)Nc2ncccc2O)cc1OCC. The van der Waals surface area contributed by atoms with E-state index >= 15 is 0 Å². The zero-order chi connectivity index (χ0) is 15.9. The lowest BCUT2D eigenvalue weighted by Crippen LogP contribution is -2.13. The Labute approximate surface area is 128 Å². The van der Waals surface area contributed by atoms with Gasteiger partial charge in [-0.1, -0.05) is 0 Å². The highest BCUT2D eigenvalue weighted by Gasteiger charge is 2.13. The van der Waals surface area contributed by atoms with Crippen molar-refractivity contribution in [3.63, 3.8) is 0 Å². The van der Waals surface area contributed by atoms with Crippen LogP contribution < -0.4 is 14.8 Å². The topological polar surface area (TPSA) is 80.7 Å². The van der Waals surface area contributed by atoms with Gasteiger partial charge in [-0.2, -0.15) is 0 Å². The molecule has 0 spiro atoms. The van der Waals surface area contributed by atoms with Gasteiger partial charge in [0.25, 0.3) is 5.91 Å². The third-order valence-electron chi connectivity index (χ3n) is 2.82. The van der Waals surface area contributed by atoms with E-state index in [-0.39, 0.29) is 11.6 Å². The molecule has 2 aromatic rings. The van der Waals surface area contributed by atoms with Crippen molar-refractivity contribution in [1.29, 1.82) is 0 Å². The Morgan fingerprint density at radius 2 is 1.91 bits per heavy atom. The Bertz CT molecular complexity index is 658. The summed E-state index contributed by atoms with van der Waals surface area (Å²) in [6.45, 7) is 4.70. The van der Waals surface area contributed by atoms with Gasteiger partial charge in [-0.05, 0) is 44.2 Å². The minimum absolute atomic E-state index is 0.0909. The molecule has 116 valence electrons. The minimum atomic E-state index is -0.391. The fourth-order valence-corrected chi connectivity index (χ4v) is 1.87. The van der Waals surface area contributed by atoms with Crippen LogP contribution in [0.15, 0.2) is 36.5 Å². The predicted octanol–water partition coefficient (Wildman–Crippen LogP) is 2.84. The fourth-order valence-electron chi connectivity index (χ4n) is 1.87. The van der Waals surface area contributed by atoms with E-state index in [1.165, 1.54) is 12.3 Å². The van der Waals surface area contributed by atoms with Crippen molar-refractivity contribution in [3.8, 4) is 17.2 Å². The van der Waals surface area contributed by atoms with Gasteiger partial charge in [0.15, 0.2) is 23.1 Å². The van der Waals surface area contributed by atoms with E-state index in [2.05, 4.69) is 10.3 Å². The average Bonchev–Trinajstić information content (AvgIpc) is 2.51. The van der Waals surface area contributed by atoms with Crippen molar-refractivity contribution >= 4 is 11.7 Å². The highest BCUT2D eigenvalue weighted by Crippen LogP contribution is 2.29. The number of nitrogens with one attached hydrogen (secondary N) is 1. The van der Waals surface area contributed by atoms with Crippen LogP contribution in [0.2, 0.25) is 0 Å². The zero-order valence-corrected chi connectivity index (χ0v) is 12.5. The summed E-state index contributed by atoms with van der Waals surface area (Å²) in [6.07, 6.45) is 1.49. The lowest BCUT2D eigenvalue weighted by Gasteiger charge is -2.12. The molecule has 0 atom stereocenters. The lowest BCUT2D eigenvalue weighted by molar-refractivity contribution is 0.102. The number of hydrogen-bond donors (Lipinski definition) is 2. The van der Waals surface area contributed by atoms with E-state index in [1.807, 2.05) is 13.8 Å². The van der Waals surface area contributed by atoms with Crippen LogP contribution in [0.3, 0.4) is 0 Å². The number of pyridine rings is 1. The molecular weight excluding hydrogens is 284 g/mol. The molecule has 1 heterocycles. The van der Waals surface area contributed by atoms with Crippen molar-refractivity contribution in [2.75, 3.05) is 18.5 Å². The second-order valence-electron chi connectivity index (χ2n) is 4.35. The summed E-state index contributed by atoms with van der Waals surface area (Å²) in [7, 11) is 0. The molecule has 0 unspecified atom stereocenters. The number of rotatable bonds is 6. The summed E-state index contributed by atoms with van der Waals surface area (Å²) in [5.74, 6) is 0.716. The first-order valence-electron chi connectivity index (χ1n) is 7.00. The van der Waals surface area contributed by atoms with Gasteiger partial charge in [0.05, 0.1) is 13.2 Å². The molecule has 2 N–H and O–H groups in total. The molecule has 0 aliphatic heterocycles. The van der Waals surface area contributed by atoms with Crippen LogP contribution in [-0.4, -0.2) is 29.2 Å². The standard InChI is InChI=1S/C16H18N2O4/c1-3-21-13-8-7-11(10-14(13)22-4-2)16(20)18-15-12(19)6-5-9-17-15/h5-10,19H,3-4H2,1-2H3,(H,17,18,20). The monoisotopic (exact) mass is 302 g/mol. The number of ether oxygens (including phenoxy) is 2. The normalized spacial score (nSPS) is 10.1. The molecule has 6 nitrogen and oxygen atoms in total. The Hall–Kier alpha value is -2.76. The van der Waals surface area contributed by atoms with Crippen molar-refractivity contribution < 1.29 is 19.4 Å². The maximum Gasteiger partial charge on any atom is 0.257 e. The smallest absolute Gasteiger partial charge is 0.257 e. The van der Waals surface area contributed by atoms with Crippen molar-refractivity contribution in [2.24, 2.45) is 0 Å². The van der Waals surface area contributed by atoms with E-state index in [4.69, 9.17) is 9.47 Å². The van der Waals surface area contributed by atoms with Crippen LogP contribution in [0.25, 0.3) is 0 Å². The molecule has 0 saturated heterocycles. The van der Waals surface area contributed by atoms with Crippen LogP contribution in [0.5, 0.6) is 17.2 Å². The molecule has 0 aliphatic carbocycles. The molecule has 0 fully saturated rings. The fraction of sp³-hybridized carbons (Fsp3) is 0.250. The largest absolute Gasteiger partial charge is 0.504 e. The first-order valence-corrected chi connectivity index (χ1v) is 7.00. The predicted molar refractivity (Wildman–Crippen MR) is 82.6 cm³/mol. The van der Waals surface area contributed by atoms with Crippen LogP contribution in [0, 0.1) is 0 Å². The molecule has 1 amide bonds. The highest BCUT2D eigenvalue weighted by atomic mass is 16.5. The number of carbonyl (C=O) groups is 1. The first-order chi connectivity index (χ1) is 10.7. The quantitative estimate of drug-likeness (QED) is 0.857. The summed E-state index contributed by atoms with van der Waals surface area (Å²) in [5, 5.41) is 12.2. The summed E-state index contributed by atoms with van der Waals surface area (Å²) < 4.78 is 10.9. The summed E-state index contributed by atoms with van der Waals surface area (Å²) >= 11 is 0. The molecule has 1 aromatic carbocycles. The van der Waals surface area contributed by atoms with Gasteiger partial charge in [-0.15, -0.1) is 0 Å². The Morgan fingerprint density at radius 1 is 1.18 bits per heavy atom. The average molecular weight is 302 g/mol. The Balaban J connectivity index is 2.22. The molecular formula is C16H18N2O4. The molecule has 2 rings (SSSR count). The number of anilines is 1. The molecule has 0 saturated carbocycles. The maximum atomic E-state index is 12.2. The number of hydrogen-bond acceptors (Lipinski definition) is 5. The molecule has 0 aliphatic rings. The summed E-state index contributed by atoms with van der Waals surface area (Å²) in [5.41, 5.74) is 0.386. The van der Waals surface area contributed by atoms with Gasteiger partial charge >= 0.3 is 0 Å². The third-order valence-corrected chi connectivity index (χ3v) is 2.82. The van der Waals surface area contributed by atoms with Gasteiger partial charge < -0.3 is 19.9 Å². The van der Waals surface area contributed by atoms with Gasteiger partial charge in [0.2, 0.25) is 0 Å². The van der Waals surface area contributed by atoms with Gasteiger partial charge in [-0.25, -0.2) is 4.98 Å². The van der Waals surface area contributed by atoms with Crippen LogP contribution >= 0.6 is 0 Å². The number of aromatic nitrogens is 1. The summed E-state index contributed by atoms with van der Waals surface area (Å²) in [4.78, 5) is 16.1. The van der Waals surface area contributed by atoms with E-state index in [9.17, 15) is 9.90 Å². The van der Waals surface area contributed by atoms with Crippen LogP contribution in [0.1, 0.15) is 24.2 Å². The summed E-state index contributed by atoms with van der Waals surface area (Å²) in [6, 6.07) is 7.94. The highest BCUT2D eigenvalue weighted by molar-refractivity contribution is 6.04. The van der Waals surface area contributed by atoms with Gasteiger partial charge in [-0.3, -0.25) is 4.79 Å². The second-order valence-corrected chi connectivity index (χ2v) is 4.35. The van der Waals surface area contributed by atoms with E-state index in [0.717, 1.165) is 0 Å². The van der Waals surface area contributed by atoms with E-state index in [1.54, 1.807) is 24.3 Å².